The Morgan fingerprint density at radius 3 is 1.53 bits per heavy atom. The van der Waals surface area contributed by atoms with Crippen LogP contribution >= 0.6 is 0 Å². The Labute approximate surface area is 196 Å². The molecule has 1 heterocycles. The molecule has 0 amide bonds. The summed E-state index contributed by atoms with van der Waals surface area (Å²) in [4.78, 5) is 21.4. The van der Waals surface area contributed by atoms with Gasteiger partial charge in [0.1, 0.15) is 5.54 Å². The molecule has 6 heteroatoms. The lowest BCUT2D eigenvalue weighted by Crippen LogP contribution is -2.48. The molecule has 0 saturated carbocycles. The number of nitrogens with zero attached hydrogens (tertiary/aromatic N) is 1. The van der Waals surface area contributed by atoms with Crippen molar-refractivity contribution in [1.29, 1.82) is 0 Å². The van der Waals surface area contributed by atoms with Gasteiger partial charge in [0.05, 0.1) is 0 Å². The molecular weight excluding hydrogens is 406 g/mol. The van der Waals surface area contributed by atoms with Crippen molar-refractivity contribution in [2.75, 3.05) is 6.54 Å². The quantitative estimate of drug-likeness (QED) is 0.174. The predicted octanol–water partition coefficient (Wildman–Crippen LogP) is 7.43. The minimum atomic E-state index is -0.991. The molecule has 3 N–H and O–H groups in total. The van der Waals surface area contributed by atoms with Gasteiger partial charge in [-0.1, -0.05) is 110 Å². The van der Waals surface area contributed by atoms with Crippen LogP contribution in [0, 0.1) is 0 Å². The van der Waals surface area contributed by atoms with Crippen molar-refractivity contribution < 1.29 is 25.0 Å². The molecule has 0 spiro atoms. The number of unbranched alkanes of at least 4 members (excludes halogenated alkanes) is 14. The molecule has 0 aliphatic carbocycles. The Kier molecular flexibility index (Phi) is 19.7. The first-order valence-corrected chi connectivity index (χ1v) is 13.3. The fourth-order valence-corrected chi connectivity index (χ4v) is 4.40. The van der Waals surface area contributed by atoms with Crippen LogP contribution in [0.3, 0.4) is 0 Å². The van der Waals surface area contributed by atoms with E-state index in [1.54, 1.807) is 0 Å². The summed E-state index contributed by atoms with van der Waals surface area (Å²) in [5.41, 5.74) is -0.991. The number of rotatable bonds is 19. The van der Waals surface area contributed by atoms with Crippen molar-refractivity contribution in [2.24, 2.45) is 0 Å². The van der Waals surface area contributed by atoms with Gasteiger partial charge in [0.25, 0.3) is 0 Å². The number of aliphatic carboxylic acids is 2. The van der Waals surface area contributed by atoms with Gasteiger partial charge < -0.3 is 15.4 Å². The van der Waals surface area contributed by atoms with Crippen LogP contribution in [0.1, 0.15) is 142 Å². The van der Waals surface area contributed by atoms with Crippen LogP contribution in [0.2, 0.25) is 0 Å². The molecule has 0 aromatic heterocycles. The number of carboxylic acids is 2. The number of carboxylic acid groups (broad SMARTS) is 2. The van der Waals surface area contributed by atoms with E-state index in [4.69, 9.17) is 10.2 Å². The highest BCUT2D eigenvalue weighted by Gasteiger charge is 2.46. The van der Waals surface area contributed by atoms with Crippen LogP contribution in [0.5, 0.6) is 0 Å². The fraction of sp³-hybridized carbons (Fsp3) is 0.923. The minimum Gasteiger partial charge on any atom is -0.481 e. The van der Waals surface area contributed by atoms with Gasteiger partial charge in [-0.2, -0.15) is 5.06 Å². The first-order valence-electron chi connectivity index (χ1n) is 13.3. The lowest BCUT2D eigenvalue weighted by atomic mass is 9.90. The van der Waals surface area contributed by atoms with Crippen molar-refractivity contribution in [2.45, 2.75) is 148 Å². The van der Waals surface area contributed by atoms with E-state index in [-0.39, 0.29) is 0 Å². The van der Waals surface area contributed by atoms with Gasteiger partial charge in [-0.15, -0.1) is 0 Å². The van der Waals surface area contributed by atoms with Crippen LogP contribution in [-0.2, 0) is 9.59 Å². The van der Waals surface area contributed by atoms with Gasteiger partial charge in [-0.05, 0) is 25.7 Å². The molecule has 1 unspecified atom stereocenters. The van der Waals surface area contributed by atoms with Crippen molar-refractivity contribution >= 4 is 11.9 Å². The van der Waals surface area contributed by atoms with Gasteiger partial charge in [0, 0.05) is 13.0 Å². The van der Waals surface area contributed by atoms with Crippen molar-refractivity contribution in [3.8, 4) is 0 Å². The maximum atomic E-state index is 11.1. The average Bonchev–Trinajstić information content (AvgIpc) is 3.13. The average molecular weight is 458 g/mol. The molecule has 0 bridgehead atoms. The molecule has 0 aromatic rings. The summed E-state index contributed by atoms with van der Waals surface area (Å²) in [7, 11) is 0. The maximum Gasteiger partial charge on any atom is 0.326 e. The van der Waals surface area contributed by atoms with Gasteiger partial charge >= 0.3 is 11.9 Å². The highest BCUT2D eigenvalue weighted by atomic mass is 16.5. The lowest BCUT2D eigenvalue weighted by Gasteiger charge is -2.29. The Bertz CT molecular complexity index is 471. The van der Waals surface area contributed by atoms with E-state index in [1.807, 2.05) is 0 Å². The molecule has 1 aliphatic rings. The first-order chi connectivity index (χ1) is 15.4. The fourth-order valence-electron chi connectivity index (χ4n) is 4.40. The van der Waals surface area contributed by atoms with E-state index in [2.05, 4.69) is 13.8 Å². The first kappa shape index (κ1) is 30.9. The minimum absolute atomic E-state index is 0.345. The van der Waals surface area contributed by atoms with Crippen LogP contribution < -0.4 is 0 Å². The maximum absolute atomic E-state index is 11.1. The zero-order valence-electron chi connectivity index (χ0n) is 21.0. The molecule has 0 aromatic carbocycles. The smallest absolute Gasteiger partial charge is 0.326 e. The normalized spacial score (nSPS) is 18.3. The molecule has 1 atom stereocenters. The number of hydrogen-bond acceptors (Lipinski definition) is 4. The Hall–Kier alpha value is -1.14. The van der Waals surface area contributed by atoms with Gasteiger partial charge in [0.15, 0.2) is 0 Å². The highest BCUT2D eigenvalue weighted by molar-refractivity contribution is 5.78. The largest absolute Gasteiger partial charge is 0.481 e. The summed E-state index contributed by atoms with van der Waals surface area (Å²) >= 11 is 0. The molecule has 1 saturated heterocycles. The van der Waals surface area contributed by atoms with Crippen LogP contribution in [0.15, 0.2) is 0 Å². The Morgan fingerprint density at radius 2 is 1.16 bits per heavy atom. The van der Waals surface area contributed by atoms with E-state index < -0.39 is 17.5 Å². The van der Waals surface area contributed by atoms with Crippen molar-refractivity contribution in [3.05, 3.63) is 0 Å². The van der Waals surface area contributed by atoms with E-state index in [0.29, 0.717) is 25.8 Å². The third-order valence-electron chi connectivity index (χ3n) is 6.54. The number of carbonyl (C=O) groups is 2. The number of hydroxylamine groups is 2. The van der Waals surface area contributed by atoms with E-state index in [9.17, 15) is 14.8 Å². The predicted molar refractivity (Wildman–Crippen MR) is 130 cm³/mol. The summed E-state index contributed by atoms with van der Waals surface area (Å²) in [5, 5.41) is 28.2. The van der Waals surface area contributed by atoms with Crippen LogP contribution in [0.25, 0.3) is 0 Å². The van der Waals surface area contributed by atoms with Crippen LogP contribution in [0.4, 0.5) is 0 Å². The summed E-state index contributed by atoms with van der Waals surface area (Å²) in [6, 6.07) is 0. The van der Waals surface area contributed by atoms with Gasteiger partial charge in [-0.25, -0.2) is 0 Å². The van der Waals surface area contributed by atoms with Crippen molar-refractivity contribution in [3.63, 3.8) is 0 Å². The highest BCUT2D eigenvalue weighted by Crippen LogP contribution is 2.32. The SMILES string of the molecule is CCCCCC1(C(=O)O)CCCN1O.CCCCCCCCCCCCCCCC(=O)O. The summed E-state index contributed by atoms with van der Waals surface area (Å²) in [5.74, 6) is -1.54. The Morgan fingerprint density at radius 1 is 0.719 bits per heavy atom. The second-order valence-corrected chi connectivity index (χ2v) is 9.41. The summed E-state index contributed by atoms with van der Waals surface area (Å²) in [6.07, 6.45) is 22.2. The molecule has 190 valence electrons. The van der Waals surface area contributed by atoms with Crippen LogP contribution in [-0.4, -0.2) is 44.5 Å². The van der Waals surface area contributed by atoms with Crippen molar-refractivity contribution in [1.82, 2.24) is 5.06 Å². The standard InChI is InChI=1S/C16H32O2.C10H19NO3/c1-2-3-4-5-6-7-8-9-10-11-12-13-14-15-16(17)18;1-2-3-4-6-10(9(12)13)7-5-8-11(10)14/h2-15H2,1H3,(H,17,18);14H,2-8H2,1H3,(H,12,13). The molecule has 0 radical (unpaired) electrons. The topological polar surface area (TPSA) is 98.1 Å². The summed E-state index contributed by atoms with van der Waals surface area (Å²) in [6.45, 7) is 4.83. The van der Waals surface area contributed by atoms with Gasteiger partial charge in [-0.3, -0.25) is 9.59 Å². The lowest BCUT2D eigenvalue weighted by molar-refractivity contribution is -0.186. The molecule has 1 aliphatic heterocycles. The Balaban J connectivity index is 0.000000618. The third kappa shape index (κ3) is 14.8. The monoisotopic (exact) mass is 457 g/mol. The van der Waals surface area contributed by atoms with E-state index in [1.165, 1.54) is 70.6 Å². The zero-order chi connectivity index (χ0) is 24.1. The van der Waals surface area contributed by atoms with E-state index in [0.717, 1.165) is 43.6 Å². The van der Waals surface area contributed by atoms with Gasteiger partial charge in [0.2, 0.25) is 0 Å². The van der Waals surface area contributed by atoms with E-state index >= 15 is 0 Å². The number of hydrogen-bond donors (Lipinski definition) is 3. The zero-order valence-corrected chi connectivity index (χ0v) is 21.0. The second-order valence-electron chi connectivity index (χ2n) is 9.41. The molecule has 6 nitrogen and oxygen atoms in total. The molecule has 32 heavy (non-hydrogen) atoms. The molecule has 1 rings (SSSR count). The third-order valence-corrected chi connectivity index (χ3v) is 6.54. The summed E-state index contributed by atoms with van der Waals surface area (Å²) < 4.78 is 0. The second kappa shape index (κ2) is 20.5. The molecular formula is C26H51NO5. The molecule has 1 fully saturated rings.